The zero-order valence-electron chi connectivity index (χ0n) is 12.5. The van der Waals surface area contributed by atoms with Crippen molar-refractivity contribution in [3.63, 3.8) is 0 Å². The van der Waals surface area contributed by atoms with Crippen LogP contribution in [0.1, 0.15) is 5.89 Å². The van der Waals surface area contributed by atoms with Crippen molar-refractivity contribution in [2.45, 2.75) is 17.9 Å². The van der Waals surface area contributed by atoms with Crippen molar-refractivity contribution >= 4 is 16.0 Å². The van der Waals surface area contributed by atoms with Crippen LogP contribution in [0.25, 0.3) is 11.3 Å². The number of aromatic nitrogens is 1. The van der Waals surface area contributed by atoms with Crippen LogP contribution in [0.15, 0.2) is 39.8 Å². The highest BCUT2D eigenvalue weighted by atomic mass is 32.2. The molecule has 0 saturated carbocycles. The fraction of sp³-hybridized carbons (Fsp3) is 0.286. The summed E-state index contributed by atoms with van der Waals surface area (Å²) < 4.78 is 36.0. The molecule has 1 aromatic heterocycles. The molecule has 0 aliphatic heterocycles. The second-order valence-corrected chi connectivity index (χ2v) is 6.37. The van der Waals surface area contributed by atoms with Crippen LogP contribution >= 0.6 is 0 Å². The molecule has 0 amide bonds. The second kappa shape index (κ2) is 6.90. The topological polar surface area (TPSA) is 119 Å². The summed E-state index contributed by atoms with van der Waals surface area (Å²) in [6, 6.07) is 4.51. The van der Waals surface area contributed by atoms with Gasteiger partial charge in [0.15, 0.2) is 5.89 Å². The van der Waals surface area contributed by atoms with Crippen molar-refractivity contribution in [2.24, 2.45) is 0 Å². The maximum absolute atomic E-state index is 12.2. The number of rotatable bonds is 6. The number of ether oxygens (including phenoxy) is 1. The maximum Gasteiger partial charge on any atom is 0.326 e. The lowest BCUT2D eigenvalue weighted by Gasteiger charge is -2.14. The van der Waals surface area contributed by atoms with Gasteiger partial charge >= 0.3 is 5.97 Å². The average Bonchev–Trinajstić information content (AvgIpc) is 2.98. The molecule has 0 fully saturated rings. The van der Waals surface area contributed by atoms with E-state index in [1.54, 1.807) is 19.1 Å². The largest absolute Gasteiger partial charge is 0.468 e. The zero-order valence-corrected chi connectivity index (χ0v) is 13.3. The van der Waals surface area contributed by atoms with E-state index in [4.69, 9.17) is 9.52 Å². The van der Waals surface area contributed by atoms with Crippen LogP contribution in [0.2, 0.25) is 0 Å². The first-order valence-electron chi connectivity index (χ1n) is 6.61. The quantitative estimate of drug-likeness (QED) is 0.733. The van der Waals surface area contributed by atoms with E-state index in [0.29, 0.717) is 17.1 Å². The summed E-state index contributed by atoms with van der Waals surface area (Å²) in [4.78, 5) is 15.5. The molecule has 8 nitrogen and oxygen atoms in total. The molecule has 124 valence electrons. The molecule has 1 heterocycles. The van der Waals surface area contributed by atoms with Crippen molar-refractivity contribution in [1.82, 2.24) is 9.71 Å². The summed E-state index contributed by atoms with van der Waals surface area (Å²) in [5.41, 5.74) is 1.27. The van der Waals surface area contributed by atoms with E-state index in [1.807, 2.05) is 0 Å². The Hall–Kier alpha value is -2.23. The summed E-state index contributed by atoms with van der Waals surface area (Å²) in [5.74, 6) is -0.368. The van der Waals surface area contributed by atoms with E-state index < -0.39 is 28.6 Å². The van der Waals surface area contributed by atoms with Crippen LogP contribution in [-0.4, -0.2) is 44.2 Å². The minimum atomic E-state index is -3.98. The van der Waals surface area contributed by atoms with Crippen LogP contribution < -0.4 is 4.72 Å². The van der Waals surface area contributed by atoms with Crippen LogP contribution in [0, 0.1) is 6.92 Å². The van der Waals surface area contributed by atoms with E-state index >= 15 is 0 Å². The summed E-state index contributed by atoms with van der Waals surface area (Å²) >= 11 is 0. The molecule has 0 radical (unpaired) electrons. The zero-order chi connectivity index (χ0) is 17.0. The Balaban J connectivity index is 2.22. The highest BCUT2D eigenvalue weighted by Gasteiger charge is 2.25. The highest BCUT2D eigenvalue weighted by Crippen LogP contribution is 2.20. The minimum absolute atomic E-state index is 0.0520. The first-order chi connectivity index (χ1) is 10.9. The Morgan fingerprint density at radius 1 is 1.39 bits per heavy atom. The van der Waals surface area contributed by atoms with Gasteiger partial charge in [0.05, 0.1) is 18.6 Å². The SMILES string of the molecule is COC(=O)[C@@H](CO)NS(=O)(=O)c1ccc(-c2coc(C)n2)cc1. The Morgan fingerprint density at radius 3 is 2.52 bits per heavy atom. The number of oxazole rings is 1. The molecule has 9 heteroatoms. The van der Waals surface area contributed by atoms with Gasteiger partial charge in [-0.1, -0.05) is 12.1 Å². The van der Waals surface area contributed by atoms with Crippen molar-refractivity contribution in [1.29, 1.82) is 0 Å². The standard InChI is InChI=1S/C14H16N2O6S/c1-9-15-13(8-22-9)10-3-5-11(6-4-10)23(19,20)16-12(7-17)14(18)21-2/h3-6,8,12,16-17H,7H2,1-2H3/t12-/m1/s1. The number of esters is 1. The number of aryl methyl sites for hydroxylation is 1. The molecule has 1 aromatic carbocycles. The van der Waals surface area contributed by atoms with Gasteiger partial charge in [-0.3, -0.25) is 4.79 Å². The van der Waals surface area contributed by atoms with E-state index in [-0.39, 0.29) is 4.90 Å². The summed E-state index contributed by atoms with van der Waals surface area (Å²) in [7, 11) is -2.87. The number of aliphatic hydroxyl groups excluding tert-OH is 1. The van der Waals surface area contributed by atoms with Gasteiger partial charge in [-0.25, -0.2) is 13.4 Å². The smallest absolute Gasteiger partial charge is 0.326 e. The first-order valence-corrected chi connectivity index (χ1v) is 8.09. The second-order valence-electron chi connectivity index (χ2n) is 4.66. The summed E-state index contributed by atoms with van der Waals surface area (Å²) in [6.07, 6.45) is 1.47. The third kappa shape index (κ3) is 3.95. The molecule has 0 bridgehead atoms. The third-order valence-electron chi connectivity index (χ3n) is 3.05. The molecular formula is C14H16N2O6S. The molecule has 0 saturated heterocycles. The van der Waals surface area contributed by atoms with Gasteiger partial charge in [-0.05, 0) is 12.1 Å². The Kier molecular flexibility index (Phi) is 5.14. The van der Waals surface area contributed by atoms with Crippen LogP contribution in [-0.2, 0) is 19.6 Å². The predicted molar refractivity (Wildman–Crippen MR) is 79.9 cm³/mol. The summed E-state index contributed by atoms with van der Waals surface area (Å²) in [5, 5.41) is 9.09. The first kappa shape index (κ1) is 17.1. The minimum Gasteiger partial charge on any atom is -0.468 e. The lowest BCUT2D eigenvalue weighted by atomic mass is 10.2. The molecule has 0 aliphatic carbocycles. The van der Waals surface area contributed by atoms with Gasteiger partial charge in [0.1, 0.15) is 18.0 Å². The number of nitrogens with zero attached hydrogens (tertiary/aromatic N) is 1. The van der Waals surface area contributed by atoms with Crippen molar-refractivity contribution in [3.8, 4) is 11.3 Å². The third-order valence-corrected chi connectivity index (χ3v) is 4.53. The maximum atomic E-state index is 12.2. The lowest BCUT2D eigenvalue weighted by molar-refractivity contribution is -0.143. The number of aliphatic hydroxyl groups is 1. The lowest BCUT2D eigenvalue weighted by Crippen LogP contribution is -2.43. The number of nitrogens with one attached hydrogen (secondary N) is 1. The Morgan fingerprint density at radius 2 is 2.04 bits per heavy atom. The number of hydrogen-bond donors (Lipinski definition) is 2. The molecule has 0 spiro atoms. The number of carbonyl (C=O) groups excluding carboxylic acids is 1. The Labute approximate surface area is 133 Å². The predicted octanol–water partition coefficient (Wildman–Crippen LogP) is 0.462. The molecule has 2 N–H and O–H groups in total. The van der Waals surface area contributed by atoms with E-state index in [2.05, 4.69) is 14.4 Å². The fourth-order valence-electron chi connectivity index (χ4n) is 1.86. The Bertz CT molecular complexity index is 782. The number of hydrogen-bond acceptors (Lipinski definition) is 7. The molecule has 2 aromatic rings. The van der Waals surface area contributed by atoms with Crippen LogP contribution in [0.3, 0.4) is 0 Å². The van der Waals surface area contributed by atoms with Gasteiger partial charge in [0, 0.05) is 12.5 Å². The van der Waals surface area contributed by atoms with Crippen LogP contribution in [0.4, 0.5) is 0 Å². The molecule has 23 heavy (non-hydrogen) atoms. The highest BCUT2D eigenvalue weighted by molar-refractivity contribution is 7.89. The molecule has 2 rings (SSSR count). The molecular weight excluding hydrogens is 324 g/mol. The number of benzene rings is 1. The van der Waals surface area contributed by atoms with Gasteiger partial charge in [-0.2, -0.15) is 4.72 Å². The van der Waals surface area contributed by atoms with E-state index in [9.17, 15) is 13.2 Å². The van der Waals surface area contributed by atoms with Crippen molar-refractivity contribution in [2.75, 3.05) is 13.7 Å². The van der Waals surface area contributed by atoms with Gasteiger partial charge < -0.3 is 14.3 Å². The fourth-order valence-corrected chi connectivity index (χ4v) is 3.03. The van der Waals surface area contributed by atoms with Gasteiger partial charge in [0.2, 0.25) is 10.0 Å². The number of methoxy groups -OCH3 is 1. The average molecular weight is 340 g/mol. The van der Waals surface area contributed by atoms with Gasteiger partial charge in [-0.15, -0.1) is 0 Å². The van der Waals surface area contributed by atoms with Gasteiger partial charge in [0.25, 0.3) is 0 Å². The van der Waals surface area contributed by atoms with E-state index in [1.165, 1.54) is 18.4 Å². The van der Waals surface area contributed by atoms with Crippen molar-refractivity contribution < 1.29 is 27.5 Å². The molecule has 0 aliphatic rings. The van der Waals surface area contributed by atoms with Crippen molar-refractivity contribution in [3.05, 3.63) is 36.4 Å². The monoisotopic (exact) mass is 340 g/mol. The number of carbonyl (C=O) groups is 1. The summed E-state index contributed by atoms with van der Waals surface area (Å²) in [6.45, 7) is 0.996. The molecule has 1 atom stereocenters. The van der Waals surface area contributed by atoms with E-state index in [0.717, 1.165) is 7.11 Å². The normalized spacial score (nSPS) is 12.8. The molecule has 0 unspecified atom stereocenters. The number of sulfonamides is 1. The van der Waals surface area contributed by atoms with Crippen LogP contribution in [0.5, 0.6) is 0 Å².